The Balaban J connectivity index is 1.98. The van der Waals surface area contributed by atoms with E-state index in [2.05, 4.69) is 4.74 Å². The van der Waals surface area contributed by atoms with Gasteiger partial charge in [0.25, 0.3) is 0 Å². The van der Waals surface area contributed by atoms with Gasteiger partial charge in [0, 0.05) is 6.42 Å². The molecule has 0 aromatic heterocycles. The molecule has 1 aromatic carbocycles. The minimum absolute atomic E-state index is 0.380. The van der Waals surface area contributed by atoms with Crippen LogP contribution in [0.1, 0.15) is 18.4 Å². The van der Waals surface area contributed by atoms with Crippen molar-refractivity contribution in [2.75, 3.05) is 20.3 Å². The minimum atomic E-state index is -0.582. The van der Waals surface area contributed by atoms with Crippen molar-refractivity contribution in [3.05, 3.63) is 23.8 Å². The van der Waals surface area contributed by atoms with Crippen LogP contribution in [0.3, 0.4) is 0 Å². The molecular weight excluding hydrogens is 246 g/mol. The fourth-order valence-electron chi connectivity index (χ4n) is 1.95. The predicted molar refractivity (Wildman–Crippen MR) is 70.4 cm³/mol. The van der Waals surface area contributed by atoms with E-state index >= 15 is 0 Å². The van der Waals surface area contributed by atoms with E-state index in [1.54, 1.807) is 0 Å². The molecule has 0 amide bonds. The summed E-state index contributed by atoms with van der Waals surface area (Å²) in [6, 6.07) is 5.24. The van der Waals surface area contributed by atoms with E-state index < -0.39 is 6.04 Å². The number of hydrogen-bond donors (Lipinski definition) is 1. The van der Waals surface area contributed by atoms with E-state index in [0.717, 1.165) is 23.5 Å². The summed E-state index contributed by atoms with van der Waals surface area (Å²) in [5, 5.41) is 0. The molecule has 0 spiro atoms. The summed E-state index contributed by atoms with van der Waals surface area (Å²) < 4.78 is 15.8. The maximum atomic E-state index is 11.2. The lowest BCUT2D eigenvalue weighted by molar-refractivity contribution is -0.142. The fourth-order valence-corrected chi connectivity index (χ4v) is 1.95. The highest BCUT2D eigenvalue weighted by Gasteiger charge is 2.15. The molecule has 0 fully saturated rings. The summed E-state index contributed by atoms with van der Waals surface area (Å²) in [6.45, 7) is 1.34. The van der Waals surface area contributed by atoms with Crippen LogP contribution >= 0.6 is 0 Å². The lowest BCUT2D eigenvalue weighted by Gasteiger charge is -2.11. The summed E-state index contributed by atoms with van der Waals surface area (Å²) in [7, 11) is 1.34. The predicted octanol–water partition coefficient (Wildman–Crippen LogP) is 1.28. The molecule has 1 unspecified atom stereocenters. The molecule has 19 heavy (non-hydrogen) atoms. The van der Waals surface area contributed by atoms with Crippen molar-refractivity contribution in [2.24, 2.45) is 5.73 Å². The van der Waals surface area contributed by atoms with Crippen molar-refractivity contribution >= 4 is 5.97 Å². The second-order valence-electron chi connectivity index (χ2n) is 4.50. The molecule has 1 aliphatic heterocycles. The smallest absolute Gasteiger partial charge is 0.322 e. The zero-order valence-corrected chi connectivity index (χ0v) is 11.1. The Hall–Kier alpha value is -1.75. The maximum Gasteiger partial charge on any atom is 0.322 e. The van der Waals surface area contributed by atoms with E-state index in [0.29, 0.717) is 26.1 Å². The van der Waals surface area contributed by atoms with Gasteiger partial charge in [-0.1, -0.05) is 6.07 Å². The van der Waals surface area contributed by atoms with E-state index in [1.807, 2.05) is 18.2 Å². The van der Waals surface area contributed by atoms with Crippen molar-refractivity contribution in [1.82, 2.24) is 0 Å². The number of fused-ring (bicyclic) bond motifs is 1. The number of ether oxygens (including phenoxy) is 3. The van der Waals surface area contributed by atoms with Crippen molar-refractivity contribution in [2.45, 2.75) is 25.3 Å². The SMILES string of the molecule is COC(=O)C(N)CCc1ccc2c(c1)OCCCO2. The summed E-state index contributed by atoms with van der Waals surface area (Å²) in [6.07, 6.45) is 2.14. The van der Waals surface area contributed by atoms with Crippen molar-refractivity contribution in [1.29, 1.82) is 0 Å². The number of carbonyl (C=O) groups excluding carboxylic acids is 1. The third-order valence-corrected chi connectivity index (χ3v) is 3.06. The molecule has 1 aliphatic rings. The highest BCUT2D eigenvalue weighted by atomic mass is 16.5. The summed E-state index contributed by atoms with van der Waals surface area (Å²) >= 11 is 0. The molecule has 1 heterocycles. The van der Waals surface area contributed by atoms with Crippen molar-refractivity contribution in [3.63, 3.8) is 0 Å². The van der Waals surface area contributed by atoms with Gasteiger partial charge >= 0.3 is 5.97 Å². The zero-order chi connectivity index (χ0) is 13.7. The Morgan fingerprint density at radius 1 is 1.37 bits per heavy atom. The molecular formula is C14H19NO4. The molecule has 0 saturated carbocycles. The average molecular weight is 265 g/mol. The van der Waals surface area contributed by atoms with Crippen LogP contribution in [0.4, 0.5) is 0 Å². The van der Waals surface area contributed by atoms with Gasteiger partial charge in [-0.25, -0.2) is 0 Å². The zero-order valence-electron chi connectivity index (χ0n) is 11.1. The second kappa shape index (κ2) is 6.43. The number of aryl methyl sites for hydroxylation is 1. The van der Waals surface area contributed by atoms with Crippen LogP contribution in [0, 0.1) is 0 Å². The molecule has 104 valence electrons. The molecule has 2 N–H and O–H groups in total. The molecule has 1 aromatic rings. The van der Waals surface area contributed by atoms with Crippen LogP contribution in [0.15, 0.2) is 18.2 Å². The summed E-state index contributed by atoms with van der Waals surface area (Å²) in [4.78, 5) is 11.2. The molecule has 0 saturated heterocycles. The minimum Gasteiger partial charge on any atom is -0.490 e. The molecule has 0 aliphatic carbocycles. The van der Waals surface area contributed by atoms with Crippen LogP contribution in [-0.2, 0) is 16.0 Å². The highest BCUT2D eigenvalue weighted by molar-refractivity contribution is 5.75. The van der Waals surface area contributed by atoms with Gasteiger partial charge in [0.05, 0.1) is 20.3 Å². The molecule has 5 heteroatoms. The first-order chi connectivity index (χ1) is 9.20. The largest absolute Gasteiger partial charge is 0.490 e. The first-order valence-electron chi connectivity index (χ1n) is 6.42. The number of nitrogens with two attached hydrogens (primary N) is 1. The van der Waals surface area contributed by atoms with Gasteiger partial charge in [-0.05, 0) is 30.5 Å². The molecule has 1 atom stereocenters. The number of carbonyl (C=O) groups is 1. The van der Waals surface area contributed by atoms with Crippen LogP contribution in [0.25, 0.3) is 0 Å². The fraction of sp³-hybridized carbons (Fsp3) is 0.500. The van der Waals surface area contributed by atoms with Gasteiger partial charge in [0.1, 0.15) is 6.04 Å². The summed E-state index contributed by atoms with van der Waals surface area (Å²) in [5.41, 5.74) is 6.78. The number of methoxy groups -OCH3 is 1. The van der Waals surface area contributed by atoms with Gasteiger partial charge in [0.2, 0.25) is 0 Å². The third-order valence-electron chi connectivity index (χ3n) is 3.06. The van der Waals surface area contributed by atoms with Crippen LogP contribution in [-0.4, -0.2) is 32.3 Å². The van der Waals surface area contributed by atoms with E-state index in [1.165, 1.54) is 7.11 Å². The number of benzene rings is 1. The quantitative estimate of drug-likeness (QED) is 0.830. The van der Waals surface area contributed by atoms with Crippen LogP contribution < -0.4 is 15.2 Å². The molecule has 0 radical (unpaired) electrons. The monoisotopic (exact) mass is 265 g/mol. The van der Waals surface area contributed by atoms with Gasteiger partial charge in [-0.3, -0.25) is 4.79 Å². The lowest BCUT2D eigenvalue weighted by Crippen LogP contribution is -2.31. The normalized spacial score (nSPS) is 15.5. The average Bonchev–Trinajstić information content (AvgIpc) is 2.68. The Bertz CT molecular complexity index is 447. The second-order valence-corrected chi connectivity index (χ2v) is 4.50. The maximum absolute atomic E-state index is 11.2. The Morgan fingerprint density at radius 3 is 2.84 bits per heavy atom. The van der Waals surface area contributed by atoms with Gasteiger partial charge in [-0.15, -0.1) is 0 Å². The lowest BCUT2D eigenvalue weighted by atomic mass is 10.1. The van der Waals surface area contributed by atoms with Gasteiger partial charge in [0.15, 0.2) is 11.5 Å². The Morgan fingerprint density at radius 2 is 2.11 bits per heavy atom. The number of hydrogen-bond acceptors (Lipinski definition) is 5. The van der Waals surface area contributed by atoms with Crippen molar-refractivity contribution < 1.29 is 19.0 Å². The molecule has 5 nitrogen and oxygen atoms in total. The highest BCUT2D eigenvalue weighted by Crippen LogP contribution is 2.30. The standard InChI is InChI=1S/C14H19NO4/c1-17-14(16)11(15)5-3-10-4-6-12-13(9-10)19-8-2-7-18-12/h4,6,9,11H,2-3,5,7-8,15H2,1H3. The first-order valence-corrected chi connectivity index (χ1v) is 6.42. The molecule has 2 rings (SSSR count). The van der Waals surface area contributed by atoms with E-state index in [4.69, 9.17) is 15.2 Å². The van der Waals surface area contributed by atoms with E-state index in [9.17, 15) is 4.79 Å². The molecule has 0 bridgehead atoms. The van der Waals surface area contributed by atoms with E-state index in [-0.39, 0.29) is 5.97 Å². The number of rotatable bonds is 4. The first kappa shape index (κ1) is 13.7. The van der Waals surface area contributed by atoms with Gasteiger partial charge in [-0.2, -0.15) is 0 Å². The van der Waals surface area contributed by atoms with Crippen molar-refractivity contribution in [3.8, 4) is 11.5 Å². The van der Waals surface area contributed by atoms with Gasteiger partial charge < -0.3 is 19.9 Å². The summed E-state index contributed by atoms with van der Waals surface area (Å²) in [5.74, 6) is 1.16. The van der Waals surface area contributed by atoms with Crippen LogP contribution in [0.5, 0.6) is 11.5 Å². The number of esters is 1. The third kappa shape index (κ3) is 3.61. The topological polar surface area (TPSA) is 70.8 Å². The van der Waals surface area contributed by atoms with Crippen LogP contribution in [0.2, 0.25) is 0 Å². The Labute approximate surface area is 112 Å². The Kier molecular flexibility index (Phi) is 4.63.